The SMILES string of the molecule is O=S(=O)([O-])C/C(=N/O)c1ccccc1O.[Na+]. The van der Waals surface area contributed by atoms with Crippen molar-refractivity contribution in [2.75, 3.05) is 5.75 Å². The fraction of sp³-hybridized carbons (Fsp3) is 0.125. The van der Waals surface area contributed by atoms with Crippen LogP contribution < -0.4 is 29.6 Å². The molecule has 1 rings (SSSR count). The summed E-state index contributed by atoms with van der Waals surface area (Å²) < 4.78 is 31.4. The molecule has 0 bridgehead atoms. The number of rotatable bonds is 3. The van der Waals surface area contributed by atoms with Crippen LogP contribution in [0.2, 0.25) is 0 Å². The Hall–Kier alpha value is -0.600. The molecular weight excluding hydrogens is 245 g/mol. The minimum atomic E-state index is -4.55. The molecule has 0 aliphatic rings. The van der Waals surface area contributed by atoms with Crippen molar-refractivity contribution in [1.82, 2.24) is 0 Å². The number of nitrogens with zero attached hydrogens (tertiary/aromatic N) is 1. The van der Waals surface area contributed by atoms with Gasteiger partial charge in [-0.25, -0.2) is 8.42 Å². The van der Waals surface area contributed by atoms with Gasteiger partial charge in [-0.2, -0.15) is 0 Å². The van der Waals surface area contributed by atoms with E-state index in [9.17, 15) is 18.1 Å². The van der Waals surface area contributed by atoms with Crippen molar-refractivity contribution >= 4 is 15.8 Å². The van der Waals surface area contributed by atoms with Crippen LogP contribution in [0.5, 0.6) is 5.75 Å². The molecule has 0 spiro atoms. The molecule has 1 aromatic carbocycles. The maximum absolute atomic E-state index is 10.5. The molecule has 8 heteroatoms. The third-order valence-corrected chi connectivity index (χ3v) is 2.28. The van der Waals surface area contributed by atoms with Crippen LogP contribution in [-0.4, -0.2) is 34.7 Å². The van der Waals surface area contributed by atoms with Crippen molar-refractivity contribution in [3.8, 4) is 5.75 Å². The minimum Gasteiger partial charge on any atom is -0.748 e. The zero-order chi connectivity index (χ0) is 11.5. The van der Waals surface area contributed by atoms with Gasteiger partial charge in [-0.3, -0.25) is 0 Å². The fourth-order valence-electron chi connectivity index (χ4n) is 1.05. The second-order valence-electron chi connectivity index (χ2n) is 2.77. The first-order valence-electron chi connectivity index (χ1n) is 3.87. The molecular formula is C8H8NNaO5S. The summed E-state index contributed by atoms with van der Waals surface area (Å²) in [5, 5.41) is 20.5. The van der Waals surface area contributed by atoms with Gasteiger partial charge in [0.15, 0.2) is 0 Å². The number of benzene rings is 1. The van der Waals surface area contributed by atoms with Crippen molar-refractivity contribution < 1.29 is 52.8 Å². The average molecular weight is 253 g/mol. The Morgan fingerprint density at radius 3 is 2.38 bits per heavy atom. The molecule has 0 aliphatic heterocycles. The summed E-state index contributed by atoms with van der Waals surface area (Å²) in [4.78, 5) is 0. The summed E-state index contributed by atoms with van der Waals surface area (Å²) in [7, 11) is -4.55. The predicted octanol–water partition coefficient (Wildman–Crippen LogP) is -2.88. The van der Waals surface area contributed by atoms with Gasteiger partial charge < -0.3 is 14.9 Å². The number of hydrogen-bond donors (Lipinski definition) is 2. The first-order valence-corrected chi connectivity index (χ1v) is 5.44. The maximum Gasteiger partial charge on any atom is 1.00 e. The van der Waals surface area contributed by atoms with E-state index in [1.165, 1.54) is 24.3 Å². The minimum absolute atomic E-state index is 0. The van der Waals surface area contributed by atoms with Crippen LogP contribution in [0.25, 0.3) is 0 Å². The Morgan fingerprint density at radius 1 is 1.38 bits per heavy atom. The number of phenolic OH excluding ortho intramolecular Hbond substituents is 1. The van der Waals surface area contributed by atoms with Gasteiger partial charge in [0.05, 0.1) is 5.75 Å². The van der Waals surface area contributed by atoms with Crippen molar-refractivity contribution in [3.63, 3.8) is 0 Å². The van der Waals surface area contributed by atoms with Crippen LogP contribution in [0.3, 0.4) is 0 Å². The molecule has 0 radical (unpaired) electrons. The zero-order valence-electron chi connectivity index (χ0n) is 8.49. The molecule has 0 saturated heterocycles. The topological polar surface area (TPSA) is 110 Å². The Bertz CT molecular complexity index is 485. The first kappa shape index (κ1) is 15.4. The Morgan fingerprint density at radius 2 is 1.94 bits per heavy atom. The number of aromatic hydroxyl groups is 1. The molecule has 0 heterocycles. The van der Waals surface area contributed by atoms with Crippen LogP contribution >= 0.6 is 0 Å². The van der Waals surface area contributed by atoms with Crippen molar-refractivity contribution in [3.05, 3.63) is 29.8 Å². The van der Waals surface area contributed by atoms with E-state index in [0.29, 0.717) is 0 Å². The van der Waals surface area contributed by atoms with Gasteiger partial charge in [-0.1, -0.05) is 17.3 Å². The van der Waals surface area contributed by atoms with Crippen LogP contribution in [0.4, 0.5) is 0 Å². The van der Waals surface area contributed by atoms with E-state index in [-0.39, 0.29) is 46.6 Å². The second-order valence-corrected chi connectivity index (χ2v) is 4.17. The zero-order valence-corrected chi connectivity index (χ0v) is 11.3. The molecule has 6 nitrogen and oxygen atoms in total. The van der Waals surface area contributed by atoms with Gasteiger partial charge in [0.25, 0.3) is 0 Å². The van der Waals surface area contributed by atoms with Gasteiger partial charge in [0, 0.05) is 5.56 Å². The molecule has 82 valence electrons. The summed E-state index contributed by atoms with van der Waals surface area (Å²) in [5.74, 6) is -1.23. The molecule has 0 aromatic heterocycles. The van der Waals surface area contributed by atoms with E-state index >= 15 is 0 Å². The first-order chi connectivity index (χ1) is 6.94. The molecule has 0 saturated carbocycles. The van der Waals surface area contributed by atoms with Crippen LogP contribution in [0, 0.1) is 0 Å². The molecule has 0 atom stereocenters. The molecule has 0 unspecified atom stereocenters. The standard InChI is InChI=1S/C8H9NO5S.Na/c10-8-4-2-1-3-6(8)7(9-11)5-15(12,13)14;/h1-4,10-11H,5H2,(H,12,13,14);/q;+1/p-1/b9-7-;. The number of phenols is 1. The third-order valence-electron chi connectivity index (χ3n) is 1.65. The summed E-state index contributed by atoms with van der Waals surface area (Å²) in [5.41, 5.74) is -0.373. The van der Waals surface area contributed by atoms with Gasteiger partial charge in [0.2, 0.25) is 0 Å². The van der Waals surface area contributed by atoms with Gasteiger partial charge >= 0.3 is 29.6 Å². The van der Waals surface area contributed by atoms with Gasteiger partial charge in [-0.05, 0) is 12.1 Å². The fourth-order valence-corrected chi connectivity index (χ4v) is 1.59. The number of hydrogen-bond acceptors (Lipinski definition) is 6. The maximum atomic E-state index is 10.5. The Labute approximate surface area is 115 Å². The molecule has 0 fully saturated rings. The summed E-state index contributed by atoms with van der Waals surface area (Å²) in [6, 6.07) is 5.66. The van der Waals surface area contributed by atoms with Crippen molar-refractivity contribution in [1.29, 1.82) is 0 Å². The Balaban J connectivity index is 0.00000225. The van der Waals surface area contributed by atoms with Crippen LogP contribution in [0.1, 0.15) is 5.56 Å². The number of oxime groups is 1. The van der Waals surface area contributed by atoms with Crippen LogP contribution in [-0.2, 0) is 10.1 Å². The van der Waals surface area contributed by atoms with Crippen molar-refractivity contribution in [2.24, 2.45) is 5.16 Å². The van der Waals surface area contributed by atoms with Gasteiger partial charge in [-0.15, -0.1) is 0 Å². The normalized spacial score (nSPS) is 11.9. The molecule has 2 N–H and O–H groups in total. The summed E-state index contributed by atoms with van der Waals surface area (Å²) in [6.07, 6.45) is 0. The molecule has 16 heavy (non-hydrogen) atoms. The average Bonchev–Trinajstić information content (AvgIpc) is 2.14. The molecule has 1 aromatic rings. The smallest absolute Gasteiger partial charge is 0.748 e. The summed E-state index contributed by atoms with van der Waals surface area (Å²) in [6.45, 7) is 0. The largest absolute Gasteiger partial charge is 1.00 e. The van der Waals surface area contributed by atoms with E-state index in [2.05, 4.69) is 5.16 Å². The molecule has 0 amide bonds. The quantitative estimate of drug-likeness (QED) is 0.198. The van der Waals surface area contributed by atoms with E-state index in [4.69, 9.17) is 5.21 Å². The Kier molecular flexibility index (Phi) is 5.98. The second kappa shape index (κ2) is 6.21. The summed E-state index contributed by atoms with van der Waals surface area (Å²) >= 11 is 0. The monoisotopic (exact) mass is 253 g/mol. The number of para-hydroxylation sites is 1. The molecule has 0 aliphatic carbocycles. The predicted molar refractivity (Wildman–Crippen MR) is 51.0 cm³/mol. The van der Waals surface area contributed by atoms with E-state index in [1.54, 1.807) is 0 Å². The van der Waals surface area contributed by atoms with Gasteiger partial charge in [0.1, 0.15) is 21.6 Å². The third kappa shape index (κ3) is 4.50. The van der Waals surface area contributed by atoms with E-state index in [0.717, 1.165) is 0 Å². The van der Waals surface area contributed by atoms with Crippen molar-refractivity contribution in [2.45, 2.75) is 0 Å². The van der Waals surface area contributed by atoms with E-state index in [1.807, 2.05) is 0 Å². The van der Waals surface area contributed by atoms with Crippen LogP contribution in [0.15, 0.2) is 29.4 Å². The van der Waals surface area contributed by atoms with E-state index < -0.39 is 15.9 Å².